The third-order valence-corrected chi connectivity index (χ3v) is 5.19. The highest BCUT2D eigenvalue weighted by molar-refractivity contribution is 6.06. The Labute approximate surface area is 176 Å². The molecule has 6 nitrogen and oxygen atoms in total. The van der Waals surface area contributed by atoms with E-state index >= 15 is 0 Å². The number of aromatic nitrogens is 3. The first-order valence-corrected chi connectivity index (χ1v) is 10.1. The number of nitrogens with zero attached hydrogens (tertiary/aromatic N) is 3. The molecule has 2 N–H and O–H groups in total. The number of aryl methyl sites for hydroxylation is 1. The van der Waals surface area contributed by atoms with Crippen molar-refractivity contribution in [3.8, 4) is 5.69 Å². The van der Waals surface area contributed by atoms with Crippen LogP contribution in [0.15, 0.2) is 60.7 Å². The van der Waals surface area contributed by atoms with Gasteiger partial charge in [0.15, 0.2) is 0 Å². The van der Waals surface area contributed by atoms with E-state index in [4.69, 9.17) is 10.1 Å². The lowest BCUT2D eigenvalue weighted by molar-refractivity contribution is 0.0957. The van der Waals surface area contributed by atoms with Gasteiger partial charge in [0.05, 0.1) is 22.5 Å². The third kappa shape index (κ3) is 3.76. The SMILES string of the molecule is CCNC(=O)c1cc(NCc2c(C)nn(-c3ccccc3)c2C)nc2ccccc12. The van der Waals surface area contributed by atoms with Crippen LogP contribution < -0.4 is 10.6 Å². The molecule has 6 heteroatoms. The molecular formula is C24H25N5O. The van der Waals surface area contributed by atoms with Crippen LogP contribution in [0.1, 0.15) is 34.2 Å². The smallest absolute Gasteiger partial charge is 0.252 e. The van der Waals surface area contributed by atoms with Crippen molar-refractivity contribution in [1.82, 2.24) is 20.1 Å². The summed E-state index contributed by atoms with van der Waals surface area (Å²) in [5.41, 5.74) is 5.61. The molecule has 1 amide bonds. The number of hydrogen-bond acceptors (Lipinski definition) is 4. The maximum Gasteiger partial charge on any atom is 0.252 e. The lowest BCUT2D eigenvalue weighted by Crippen LogP contribution is -2.23. The minimum Gasteiger partial charge on any atom is -0.366 e. The van der Waals surface area contributed by atoms with Crippen molar-refractivity contribution >= 4 is 22.6 Å². The summed E-state index contributed by atoms with van der Waals surface area (Å²) in [7, 11) is 0. The number of fused-ring (bicyclic) bond motifs is 1. The topological polar surface area (TPSA) is 71.8 Å². The van der Waals surface area contributed by atoms with Gasteiger partial charge in [0.2, 0.25) is 0 Å². The Morgan fingerprint density at radius 2 is 1.77 bits per heavy atom. The van der Waals surface area contributed by atoms with Gasteiger partial charge < -0.3 is 10.6 Å². The number of carbonyl (C=O) groups is 1. The van der Waals surface area contributed by atoms with Crippen molar-refractivity contribution in [2.24, 2.45) is 0 Å². The molecule has 0 saturated heterocycles. The van der Waals surface area contributed by atoms with Crippen LogP contribution in [0.3, 0.4) is 0 Å². The van der Waals surface area contributed by atoms with Crippen LogP contribution in [-0.4, -0.2) is 27.2 Å². The minimum atomic E-state index is -0.0941. The summed E-state index contributed by atoms with van der Waals surface area (Å²) < 4.78 is 1.96. The minimum absolute atomic E-state index is 0.0941. The molecular weight excluding hydrogens is 374 g/mol. The van der Waals surface area contributed by atoms with Gasteiger partial charge >= 0.3 is 0 Å². The molecule has 30 heavy (non-hydrogen) atoms. The number of hydrogen-bond donors (Lipinski definition) is 2. The summed E-state index contributed by atoms with van der Waals surface area (Å²) in [6.07, 6.45) is 0. The maximum absolute atomic E-state index is 12.6. The molecule has 0 spiro atoms. The molecule has 2 aromatic carbocycles. The van der Waals surface area contributed by atoms with Gasteiger partial charge in [0.25, 0.3) is 5.91 Å². The van der Waals surface area contributed by atoms with E-state index in [9.17, 15) is 4.79 Å². The Morgan fingerprint density at radius 3 is 2.53 bits per heavy atom. The van der Waals surface area contributed by atoms with Crippen LogP contribution in [0.5, 0.6) is 0 Å². The van der Waals surface area contributed by atoms with Gasteiger partial charge in [-0.05, 0) is 45.0 Å². The summed E-state index contributed by atoms with van der Waals surface area (Å²) >= 11 is 0. The Kier molecular flexibility index (Phi) is 5.48. The molecule has 0 aliphatic heterocycles. The van der Waals surface area contributed by atoms with Gasteiger partial charge in [-0.15, -0.1) is 0 Å². The second-order valence-electron chi connectivity index (χ2n) is 7.18. The molecule has 0 radical (unpaired) electrons. The number of rotatable bonds is 6. The van der Waals surface area contributed by atoms with Crippen molar-refractivity contribution in [2.45, 2.75) is 27.3 Å². The van der Waals surface area contributed by atoms with Crippen LogP contribution in [0.25, 0.3) is 16.6 Å². The van der Waals surface area contributed by atoms with E-state index in [1.807, 2.05) is 79.2 Å². The number of amides is 1. The normalized spacial score (nSPS) is 10.9. The second kappa shape index (κ2) is 8.37. The van der Waals surface area contributed by atoms with Gasteiger partial charge in [0, 0.05) is 29.7 Å². The maximum atomic E-state index is 12.6. The van der Waals surface area contributed by atoms with Crippen LogP contribution >= 0.6 is 0 Å². The molecule has 0 unspecified atom stereocenters. The van der Waals surface area contributed by atoms with Crippen LogP contribution in [0, 0.1) is 13.8 Å². The summed E-state index contributed by atoms with van der Waals surface area (Å²) in [5, 5.41) is 11.8. The Balaban J connectivity index is 1.65. The number of nitrogens with one attached hydrogen (secondary N) is 2. The molecule has 4 aromatic rings. The summed E-state index contributed by atoms with van der Waals surface area (Å²) in [6, 6.07) is 19.6. The fraction of sp³-hybridized carbons (Fsp3) is 0.208. The molecule has 0 bridgehead atoms. The van der Waals surface area contributed by atoms with Crippen LogP contribution in [-0.2, 0) is 6.54 Å². The van der Waals surface area contributed by atoms with Crippen molar-refractivity contribution in [2.75, 3.05) is 11.9 Å². The van der Waals surface area contributed by atoms with Crippen LogP contribution in [0.2, 0.25) is 0 Å². The van der Waals surface area contributed by atoms with Gasteiger partial charge in [-0.2, -0.15) is 5.10 Å². The molecule has 0 aliphatic rings. The van der Waals surface area contributed by atoms with Crippen molar-refractivity contribution < 1.29 is 4.79 Å². The third-order valence-electron chi connectivity index (χ3n) is 5.19. The fourth-order valence-corrected chi connectivity index (χ4v) is 3.64. The van der Waals surface area contributed by atoms with Crippen molar-refractivity contribution in [1.29, 1.82) is 0 Å². The second-order valence-corrected chi connectivity index (χ2v) is 7.18. The Hall–Kier alpha value is -3.67. The average Bonchev–Trinajstić information content (AvgIpc) is 3.05. The number of para-hydroxylation sites is 2. The Morgan fingerprint density at radius 1 is 1.03 bits per heavy atom. The quantitative estimate of drug-likeness (QED) is 0.504. The molecule has 0 aliphatic carbocycles. The van der Waals surface area contributed by atoms with E-state index in [0.29, 0.717) is 24.5 Å². The highest BCUT2D eigenvalue weighted by Gasteiger charge is 2.15. The number of benzene rings is 2. The predicted molar refractivity (Wildman–Crippen MR) is 120 cm³/mol. The zero-order valence-corrected chi connectivity index (χ0v) is 17.4. The zero-order valence-electron chi connectivity index (χ0n) is 17.4. The van der Waals surface area contributed by atoms with Gasteiger partial charge in [0.1, 0.15) is 5.82 Å². The number of pyridine rings is 1. The monoisotopic (exact) mass is 399 g/mol. The first-order valence-electron chi connectivity index (χ1n) is 10.1. The van der Waals surface area contributed by atoms with Crippen molar-refractivity contribution in [3.05, 3.63) is 83.2 Å². The first-order chi connectivity index (χ1) is 14.6. The predicted octanol–water partition coefficient (Wildman–Crippen LogP) is 4.40. The molecule has 2 aromatic heterocycles. The average molecular weight is 399 g/mol. The van der Waals surface area contributed by atoms with Gasteiger partial charge in [-0.25, -0.2) is 9.67 Å². The van der Waals surface area contributed by atoms with Crippen molar-refractivity contribution in [3.63, 3.8) is 0 Å². The summed E-state index contributed by atoms with van der Waals surface area (Å²) in [6.45, 7) is 7.14. The molecule has 4 rings (SSSR count). The lowest BCUT2D eigenvalue weighted by atomic mass is 10.1. The van der Waals surface area contributed by atoms with E-state index in [0.717, 1.165) is 33.5 Å². The van der Waals surface area contributed by atoms with E-state index in [2.05, 4.69) is 17.6 Å². The summed E-state index contributed by atoms with van der Waals surface area (Å²) in [5.74, 6) is 0.574. The molecule has 0 fully saturated rings. The highest BCUT2D eigenvalue weighted by Crippen LogP contribution is 2.23. The number of carbonyl (C=O) groups excluding carboxylic acids is 1. The first kappa shape index (κ1) is 19.6. The van der Waals surface area contributed by atoms with E-state index in [1.165, 1.54) is 0 Å². The van der Waals surface area contributed by atoms with Crippen LogP contribution in [0.4, 0.5) is 5.82 Å². The standard InChI is InChI=1S/C24H25N5O/c1-4-25-24(30)20-14-23(27-22-13-9-8-12-19(20)22)26-15-21-16(2)28-29(17(21)3)18-10-6-5-7-11-18/h5-14H,4,15H2,1-3H3,(H,25,30)(H,26,27). The fourth-order valence-electron chi connectivity index (χ4n) is 3.64. The van der Waals surface area contributed by atoms with Gasteiger partial charge in [-0.1, -0.05) is 36.4 Å². The summed E-state index contributed by atoms with van der Waals surface area (Å²) in [4.78, 5) is 17.3. The van der Waals surface area contributed by atoms with Gasteiger partial charge in [-0.3, -0.25) is 4.79 Å². The molecule has 0 saturated carbocycles. The molecule has 2 heterocycles. The highest BCUT2D eigenvalue weighted by atomic mass is 16.1. The Bertz CT molecular complexity index is 1200. The largest absolute Gasteiger partial charge is 0.366 e. The number of anilines is 1. The van der Waals surface area contributed by atoms with E-state index in [-0.39, 0.29) is 5.91 Å². The lowest BCUT2D eigenvalue weighted by Gasteiger charge is -2.11. The molecule has 0 atom stereocenters. The molecule has 152 valence electrons. The van der Waals surface area contributed by atoms with E-state index < -0.39 is 0 Å². The zero-order chi connectivity index (χ0) is 21.1. The van der Waals surface area contributed by atoms with E-state index in [1.54, 1.807) is 0 Å².